The number of hydrogen-bond acceptors (Lipinski definition) is 12. The number of aliphatic hydroxyl groups excluding tert-OH is 2. The highest BCUT2D eigenvalue weighted by Gasteiger charge is 2.51. The van der Waals surface area contributed by atoms with Gasteiger partial charge in [-0.15, -0.1) is 0 Å². The van der Waals surface area contributed by atoms with Crippen molar-refractivity contribution < 1.29 is 34.3 Å². The SMILES string of the molecule is CNC1C(O)C(OC2C(/N=C/C=C(\C)CC/C=C(\C)CCC=C(C)C)CC(N)C(OC3OC(C(C)N)CCC3N)C2O)OCC1(C)O. The monoisotopic (exact) mass is 665 g/mol. The van der Waals surface area contributed by atoms with Gasteiger partial charge >= 0.3 is 0 Å². The third kappa shape index (κ3) is 11.5. The Labute approximate surface area is 281 Å². The summed E-state index contributed by atoms with van der Waals surface area (Å²) in [6, 6.07) is -2.51. The van der Waals surface area contributed by atoms with Crippen LogP contribution in [0.15, 0.2) is 39.9 Å². The summed E-state index contributed by atoms with van der Waals surface area (Å²) in [5, 5.41) is 36.5. The lowest BCUT2D eigenvalue weighted by Gasteiger charge is -2.48. The summed E-state index contributed by atoms with van der Waals surface area (Å²) >= 11 is 0. The predicted octanol–water partition coefficient (Wildman–Crippen LogP) is 1.94. The number of hydrogen-bond donors (Lipinski definition) is 7. The first-order valence-electron chi connectivity index (χ1n) is 17.2. The van der Waals surface area contributed by atoms with Crippen molar-refractivity contribution in [3.8, 4) is 0 Å². The Balaban J connectivity index is 1.75. The molecule has 2 aliphatic heterocycles. The molecule has 12 nitrogen and oxygen atoms in total. The highest BCUT2D eigenvalue weighted by Crippen LogP contribution is 2.33. The van der Waals surface area contributed by atoms with Gasteiger partial charge in [0.05, 0.1) is 30.8 Å². The number of likely N-dealkylation sites (N-methyl/N-ethyl adjacent to an activating group) is 1. The second-order valence-electron chi connectivity index (χ2n) is 14.3. The highest BCUT2D eigenvalue weighted by atomic mass is 16.7. The van der Waals surface area contributed by atoms with Crippen LogP contribution in [0.3, 0.4) is 0 Å². The molecule has 3 fully saturated rings. The molecule has 0 aromatic rings. The first kappa shape index (κ1) is 39.9. The fourth-order valence-electron chi connectivity index (χ4n) is 6.54. The molecule has 0 radical (unpaired) electrons. The molecule has 0 bridgehead atoms. The van der Waals surface area contributed by atoms with Crippen molar-refractivity contribution in [2.24, 2.45) is 22.2 Å². The number of ether oxygens (including phenoxy) is 4. The van der Waals surface area contributed by atoms with Gasteiger partial charge < -0.3 is 56.8 Å². The van der Waals surface area contributed by atoms with Crippen LogP contribution < -0.4 is 22.5 Å². The van der Waals surface area contributed by atoms with Gasteiger partial charge in [-0.25, -0.2) is 0 Å². The molecule has 47 heavy (non-hydrogen) atoms. The van der Waals surface area contributed by atoms with E-state index in [1.54, 1.807) is 20.2 Å². The minimum absolute atomic E-state index is 0.0787. The fraction of sp³-hybridized carbons (Fsp3) is 0.800. The fourth-order valence-corrected chi connectivity index (χ4v) is 6.54. The zero-order chi connectivity index (χ0) is 34.9. The number of nitrogens with two attached hydrogens (primary N) is 3. The summed E-state index contributed by atoms with van der Waals surface area (Å²) in [6.07, 6.45) is 7.44. The maximum absolute atomic E-state index is 11.7. The van der Waals surface area contributed by atoms with Crippen molar-refractivity contribution in [2.45, 2.75) is 165 Å². The van der Waals surface area contributed by atoms with Crippen LogP contribution in [0.4, 0.5) is 0 Å². The molecule has 3 rings (SSSR count). The first-order chi connectivity index (χ1) is 22.1. The second kappa shape index (κ2) is 18.4. The molecular weight excluding hydrogens is 602 g/mol. The Morgan fingerprint density at radius 1 is 0.979 bits per heavy atom. The van der Waals surface area contributed by atoms with E-state index in [1.807, 2.05) is 13.0 Å². The Kier molecular flexibility index (Phi) is 15.7. The van der Waals surface area contributed by atoms with Gasteiger partial charge in [0.2, 0.25) is 0 Å². The van der Waals surface area contributed by atoms with Crippen LogP contribution in [-0.2, 0) is 18.9 Å². The van der Waals surface area contributed by atoms with Crippen molar-refractivity contribution in [1.82, 2.24) is 5.32 Å². The maximum Gasteiger partial charge on any atom is 0.185 e. The van der Waals surface area contributed by atoms with Crippen LogP contribution in [-0.4, -0.2) is 114 Å². The van der Waals surface area contributed by atoms with Crippen molar-refractivity contribution in [2.75, 3.05) is 13.7 Å². The number of rotatable bonds is 14. The average molecular weight is 666 g/mol. The number of nitrogens with one attached hydrogen (secondary N) is 1. The van der Waals surface area contributed by atoms with E-state index in [9.17, 15) is 15.3 Å². The van der Waals surface area contributed by atoms with Crippen LogP contribution in [0.2, 0.25) is 0 Å². The van der Waals surface area contributed by atoms with E-state index in [1.165, 1.54) is 16.7 Å². The third-order valence-corrected chi connectivity index (χ3v) is 9.50. The van der Waals surface area contributed by atoms with Crippen LogP contribution in [0.1, 0.15) is 86.5 Å². The molecule has 0 amide bonds. The van der Waals surface area contributed by atoms with Crippen LogP contribution in [0.5, 0.6) is 0 Å². The molecule has 0 aromatic carbocycles. The van der Waals surface area contributed by atoms with Crippen molar-refractivity contribution in [3.05, 3.63) is 34.9 Å². The lowest BCUT2D eigenvalue weighted by Crippen LogP contribution is -2.67. The third-order valence-electron chi connectivity index (χ3n) is 9.50. The number of aliphatic hydroxyl groups is 3. The van der Waals surface area contributed by atoms with Crippen LogP contribution in [0.25, 0.3) is 0 Å². The van der Waals surface area contributed by atoms with E-state index < -0.39 is 66.8 Å². The Morgan fingerprint density at radius 2 is 1.64 bits per heavy atom. The standard InChI is InChI=1S/C35H63N5O7/c1-20(2)10-8-11-21(3)12-9-13-22(4)16-17-40-26-18-25(38)30(46-33-24(37)14-15-27(45-33)23(5)36)28(41)31(26)47-34-29(42)32(39-7)35(6,43)19-44-34/h10,12,16-17,23-34,39,41-43H,8-9,11,13-15,18-19,36-38H2,1-7H3/b21-12+,22-16+,40-17+. The summed E-state index contributed by atoms with van der Waals surface area (Å²) < 4.78 is 24.4. The molecule has 270 valence electrons. The van der Waals surface area contributed by atoms with Gasteiger partial charge in [0, 0.05) is 18.3 Å². The van der Waals surface area contributed by atoms with E-state index in [-0.39, 0.29) is 18.8 Å². The van der Waals surface area contributed by atoms with E-state index in [2.05, 4.69) is 45.2 Å². The highest BCUT2D eigenvalue weighted by molar-refractivity contribution is 5.72. The first-order valence-corrected chi connectivity index (χ1v) is 17.2. The van der Waals surface area contributed by atoms with Gasteiger partial charge in [0.25, 0.3) is 0 Å². The normalized spacial score (nSPS) is 39.6. The largest absolute Gasteiger partial charge is 0.388 e. The lowest BCUT2D eigenvalue weighted by atomic mass is 9.83. The lowest BCUT2D eigenvalue weighted by molar-refractivity contribution is -0.307. The van der Waals surface area contributed by atoms with E-state index >= 15 is 0 Å². The molecule has 12 heteroatoms. The number of allylic oxidation sites excluding steroid dienone is 6. The van der Waals surface area contributed by atoms with Crippen LogP contribution >= 0.6 is 0 Å². The summed E-state index contributed by atoms with van der Waals surface area (Å²) in [6.45, 7) is 11.9. The molecule has 0 spiro atoms. The molecule has 13 unspecified atom stereocenters. The molecule has 10 N–H and O–H groups in total. The average Bonchev–Trinajstić information content (AvgIpc) is 2.98. The molecule has 0 aromatic heterocycles. The number of nitrogens with zero attached hydrogens (tertiary/aromatic N) is 1. The quantitative estimate of drug-likeness (QED) is 0.106. The summed E-state index contributed by atoms with van der Waals surface area (Å²) in [5.41, 5.74) is 21.6. The molecule has 1 aliphatic carbocycles. The van der Waals surface area contributed by atoms with Gasteiger partial charge in [-0.05, 0) is 99.6 Å². The Hall–Kier alpha value is -1.55. The van der Waals surface area contributed by atoms with E-state index in [0.29, 0.717) is 19.3 Å². The van der Waals surface area contributed by atoms with Crippen molar-refractivity contribution >= 4 is 6.21 Å². The summed E-state index contributed by atoms with van der Waals surface area (Å²) in [4.78, 5) is 4.78. The zero-order valence-electron chi connectivity index (χ0n) is 29.5. The van der Waals surface area contributed by atoms with E-state index in [4.69, 9.17) is 41.1 Å². The van der Waals surface area contributed by atoms with Gasteiger partial charge in [0.1, 0.15) is 30.0 Å². The molecule has 2 heterocycles. The zero-order valence-corrected chi connectivity index (χ0v) is 29.5. The topological polar surface area (TPSA) is 200 Å². The maximum atomic E-state index is 11.7. The summed E-state index contributed by atoms with van der Waals surface area (Å²) in [5.74, 6) is 0. The molecule has 13 atom stereocenters. The molecule has 1 saturated carbocycles. The minimum atomic E-state index is -1.32. The van der Waals surface area contributed by atoms with Crippen molar-refractivity contribution in [3.63, 3.8) is 0 Å². The van der Waals surface area contributed by atoms with Gasteiger partial charge in [-0.3, -0.25) is 4.99 Å². The van der Waals surface area contributed by atoms with Crippen molar-refractivity contribution in [1.29, 1.82) is 0 Å². The van der Waals surface area contributed by atoms with Gasteiger partial charge in [0.15, 0.2) is 12.6 Å². The van der Waals surface area contributed by atoms with Crippen LogP contribution in [0, 0.1) is 0 Å². The summed E-state index contributed by atoms with van der Waals surface area (Å²) in [7, 11) is 1.65. The second-order valence-corrected chi connectivity index (χ2v) is 14.3. The Morgan fingerprint density at radius 3 is 2.30 bits per heavy atom. The molecule has 2 saturated heterocycles. The smallest absolute Gasteiger partial charge is 0.185 e. The minimum Gasteiger partial charge on any atom is -0.388 e. The predicted molar refractivity (Wildman–Crippen MR) is 185 cm³/mol. The van der Waals surface area contributed by atoms with Gasteiger partial charge in [-0.1, -0.05) is 28.9 Å². The van der Waals surface area contributed by atoms with Gasteiger partial charge in [-0.2, -0.15) is 0 Å². The Bertz CT molecular complexity index is 1090. The number of aliphatic imine (C=N–C) groups is 1. The molecular formula is C35H63N5O7. The molecule has 3 aliphatic rings. The van der Waals surface area contributed by atoms with E-state index in [0.717, 1.165) is 25.7 Å².